The van der Waals surface area contributed by atoms with Crippen molar-refractivity contribution < 1.29 is 14.3 Å². The van der Waals surface area contributed by atoms with Crippen molar-refractivity contribution in [3.8, 4) is 11.5 Å². The first-order chi connectivity index (χ1) is 13.6. The van der Waals surface area contributed by atoms with Crippen LogP contribution in [0.25, 0.3) is 0 Å². The van der Waals surface area contributed by atoms with Crippen LogP contribution in [0, 0.1) is 6.92 Å². The van der Waals surface area contributed by atoms with Crippen molar-refractivity contribution in [3.63, 3.8) is 0 Å². The summed E-state index contributed by atoms with van der Waals surface area (Å²) in [5.74, 6) is 1.42. The van der Waals surface area contributed by atoms with Crippen LogP contribution in [0.15, 0.2) is 54.9 Å². The van der Waals surface area contributed by atoms with Crippen LogP contribution < -0.4 is 20.1 Å². The van der Waals surface area contributed by atoms with Crippen LogP contribution in [0.4, 0.5) is 11.6 Å². The number of carbonyl (C=O) groups excluding carboxylic acids is 1. The van der Waals surface area contributed by atoms with Gasteiger partial charge in [0.1, 0.15) is 11.5 Å². The van der Waals surface area contributed by atoms with Crippen molar-refractivity contribution in [2.24, 2.45) is 0 Å². The molecule has 0 bridgehead atoms. The minimum absolute atomic E-state index is 0.230. The molecule has 3 aromatic rings. The summed E-state index contributed by atoms with van der Waals surface area (Å²) in [6.45, 7) is 2.46. The van der Waals surface area contributed by atoms with Gasteiger partial charge in [-0.1, -0.05) is 29.8 Å². The third-order valence-electron chi connectivity index (χ3n) is 4.10. The molecule has 7 nitrogen and oxygen atoms in total. The lowest BCUT2D eigenvalue weighted by molar-refractivity contribution is 0.0950. The van der Waals surface area contributed by atoms with Crippen molar-refractivity contribution in [3.05, 3.63) is 71.5 Å². The number of aromatic nitrogens is 2. The van der Waals surface area contributed by atoms with Crippen LogP contribution >= 0.6 is 0 Å². The number of nitrogens with one attached hydrogen (secondary N) is 2. The highest BCUT2D eigenvalue weighted by Gasteiger charge is 2.10. The molecule has 0 saturated heterocycles. The van der Waals surface area contributed by atoms with Crippen molar-refractivity contribution in [2.45, 2.75) is 13.5 Å². The minimum Gasteiger partial charge on any atom is -0.497 e. The fourth-order valence-corrected chi connectivity index (χ4v) is 2.65. The van der Waals surface area contributed by atoms with E-state index >= 15 is 0 Å². The van der Waals surface area contributed by atoms with Gasteiger partial charge < -0.3 is 20.1 Å². The summed E-state index contributed by atoms with van der Waals surface area (Å²) in [5.41, 5.74) is 3.24. The Bertz CT molecular complexity index is 958. The highest BCUT2D eigenvalue weighted by molar-refractivity contribution is 5.93. The zero-order chi connectivity index (χ0) is 19.9. The van der Waals surface area contributed by atoms with Gasteiger partial charge in [0.2, 0.25) is 5.95 Å². The van der Waals surface area contributed by atoms with Gasteiger partial charge in [-0.05, 0) is 24.6 Å². The number of aryl methyl sites for hydroxylation is 1. The third-order valence-corrected chi connectivity index (χ3v) is 4.10. The molecule has 28 heavy (non-hydrogen) atoms. The van der Waals surface area contributed by atoms with Crippen molar-refractivity contribution in [1.82, 2.24) is 15.3 Å². The number of methoxy groups -OCH3 is 2. The normalized spacial score (nSPS) is 10.2. The average Bonchev–Trinajstić information content (AvgIpc) is 2.72. The summed E-state index contributed by atoms with van der Waals surface area (Å²) in [5, 5.41) is 5.94. The van der Waals surface area contributed by atoms with Crippen molar-refractivity contribution in [1.29, 1.82) is 0 Å². The summed E-state index contributed by atoms with van der Waals surface area (Å²) < 4.78 is 10.5. The number of hydrogen-bond acceptors (Lipinski definition) is 6. The van der Waals surface area contributed by atoms with Crippen LogP contribution in [-0.4, -0.2) is 30.1 Å². The highest BCUT2D eigenvalue weighted by Crippen LogP contribution is 2.30. The van der Waals surface area contributed by atoms with E-state index in [1.807, 2.05) is 31.2 Å². The predicted molar refractivity (Wildman–Crippen MR) is 107 cm³/mol. The molecule has 0 saturated carbocycles. The molecule has 1 amide bonds. The third kappa shape index (κ3) is 4.76. The first kappa shape index (κ1) is 19.2. The largest absolute Gasteiger partial charge is 0.497 e. The Balaban J connectivity index is 1.65. The van der Waals surface area contributed by atoms with Gasteiger partial charge >= 0.3 is 0 Å². The molecule has 0 fully saturated rings. The summed E-state index contributed by atoms with van der Waals surface area (Å²) >= 11 is 0. The zero-order valence-corrected chi connectivity index (χ0v) is 16.0. The van der Waals surface area contributed by atoms with Crippen LogP contribution in [0.1, 0.15) is 21.5 Å². The number of nitrogens with zero attached hydrogens (tertiary/aromatic N) is 2. The molecular weight excluding hydrogens is 356 g/mol. The Morgan fingerprint density at radius 3 is 2.50 bits per heavy atom. The van der Waals surface area contributed by atoms with Gasteiger partial charge in [-0.2, -0.15) is 0 Å². The number of rotatable bonds is 7. The van der Waals surface area contributed by atoms with E-state index in [0.717, 1.165) is 11.1 Å². The maximum atomic E-state index is 12.3. The van der Waals surface area contributed by atoms with E-state index in [2.05, 4.69) is 20.6 Å². The number of hydrogen-bond donors (Lipinski definition) is 2. The molecule has 7 heteroatoms. The van der Waals surface area contributed by atoms with E-state index in [-0.39, 0.29) is 5.91 Å². The lowest BCUT2D eigenvalue weighted by atomic mass is 10.1. The van der Waals surface area contributed by atoms with E-state index in [1.165, 1.54) is 12.4 Å². The Morgan fingerprint density at radius 1 is 1.04 bits per heavy atom. The van der Waals surface area contributed by atoms with Gasteiger partial charge in [0, 0.05) is 25.0 Å². The van der Waals surface area contributed by atoms with Crippen LogP contribution in [0.5, 0.6) is 11.5 Å². The molecule has 3 rings (SSSR count). The van der Waals surface area contributed by atoms with E-state index < -0.39 is 0 Å². The first-order valence-corrected chi connectivity index (χ1v) is 8.74. The van der Waals surface area contributed by atoms with Gasteiger partial charge in [-0.3, -0.25) is 4.79 Å². The SMILES string of the molecule is COc1ccc(OC)c(Nc2ncc(C(=O)NCc3cccc(C)c3)cn2)c1. The fraction of sp³-hybridized carbons (Fsp3) is 0.190. The number of carbonyl (C=O) groups is 1. The van der Waals surface area contributed by atoms with Crippen LogP contribution in [-0.2, 0) is 6.54 Å². The summed E-state index contributed by atoms with van der Waals surface area (Å²) in [4.78, 5) is 20.7. The van der Waals surface area contributed by atoms with Crippen molar-refractivity contribution >= 4 is 17.5 Å². The van der Waals surface area contributed by atoms with E-state index in [9.17, 15) is 4.79 Å². The Kier molecular flexibility index (Phi) is 6.06. The highest BCUT2D eigenvalue weighted by atomic mass is 16.5. The monoisotopic (exact) mass is 378 g/mol. The maximum Gasteiger partial charge on any atom is 0.254 e. The lowest BCUT2D eigenvalue weighted by Gasteiger charge is -2.11. The molecule has 2 aromatic carbocycles. The summed E-state index contributed by atoms with van der Waals surface area (Å²) in [6.07, 6.45) is 2.96. The molecule has 0 aliphatic carbocycles. The Morgan fingerprint density at radius 2 is 1.82 bits per heavy atom. The molecule has 1 heterocycles. The number of ether oxygens (including phenoxy) is 2. The van der Waals surface area contributed by atoms with Crippen LogP contribution in [0.3, 0.4) is 0 Å². The molecule has 2 N–H and O–H groups in total. The number of amides is 1. The van der Waals surface area contributed by atoms with Gasteiger partial charge in [-0.25, -0.2) is 9.97 Å². The molecule has 144 valence electrons. The Labute approximate surface area is 163 Å². The second-order valence-electron chi connectivity index (χ2n) is 6.16. The summed E-state index contributed by atoms with van der Waals surface area (Å²) in [6, 6.07) is 13.4. The first-order valence-electron chi connectivity index (χ1n) is 8.74. The van der Waals surface area contributed by atoms with E-state index in [0.29, 0.717) is 35.2 Å². The van der Waals surface area contributed by atoms with E-state index in [1.54, 1.807) is 32.4 Å². The van der Waals surface area contributed by atoms with Gasteiger partial charge in [0.25, 0.3) is 5.91 Å². The second kappa shape index (κ2) is 8.85. The molecule has 0 unspecified atom stereocenters. The fourth-order valence-electron chi connectivity index (χ4n) is 2.65. The summed E-state index contributed by atoms with van der Waals surface area (Å²) in [7, 11) is 3.17. The van der Waals surface area contributed by atoms with Gasteiger partial charge in [-0.15, -0.1) is 0 Å². The predicted octanol–water partition coefficient (Wildman–Crippen LogP) is 3.48. The van der Waals surface area contributed by atoms with E-state index in [4.69, 9.17) is 9.47 Å². The quantitative estimate of drug-likeness (QED) is 0.655. The molecule has 0 aliphatic rings. The number of anilines is 2. The second-order valence-corrected chi connectivity index (χ2v) is 6.16. The molecule has 0 radical (unpaired) electrons. The topological polar surface area (TPSA) is 85.4 Å². The van der Waals surface area contributed by atoms with Gasteiger partial charge in [0.15, 0.2) is 0 Å². The Hall–Kier alpha value is -3.61. The standard InChI is InChI=1S/C21H22N4O3/c1-14-5-4-6-15(9-14)11-22-20(26)16-12-23-21(24-13-16)25-18-10-17(27-2)7-8-19(18)28-3/h4-10,12-13H,11H2,1-3H3,(H,22,26)(H,23,24,25). The molecule has 0 spiro atoms. The number of benzene rings is 2. The average molecular weight is 378 g/mol. The van der Waals surface area contributed by atoms with Gasteiger partial charge in [0.05, 0.1) is 25.5 Å². The minimum atomic E-state index is -0.230. The molecule has 0 atom stereocenters. The zero-order valence-electron chi connectivity index (χ0n) is 16.0. The molecule has 1 aromatic heterocycles. The molecular formula is C21H22N4O3. The van der Waals surface area contributed by atoms with Crippen LogP contribution in [0.2, 0.25) is 0 Å². The maximum absolute atomic E-state index is 12.3. The lowest BCUT2D eigenvalue weighted by Crippen LogP contribution is -2.23. The smallest absolute Gasteiger partial charge is 0.254 e. The molecule has 0 aliphatic heterocycles. The van der Waals surface area contributed by atoms with Crippen molar-refractivity contribution in [2.75, 3.05) is 19.5 Å².